The summed E-state index contributed by atoms with van der Waals surface area (Å²) in [6, 6.07) is 7.01. The summed E-state index contributed by atoms with van der Waals surface area (Å²) < 4.78 is 0. The van der Waals surface area contributed by atoms with Gasteiger partial charge in [-0.15, -0.1) is 24.5 Å². The standard InChI is InChI=1S/C16H14NO.Y/c1-4-13-8-11-16(17(5-2)12(13)3)14-6-9-15(18)10-7-14;/h1,6-10,18H,3,5H2,2H3;/q-1;. The average molecular weight is 325 g/mol. The Morgan fingerprint density at radius 3 is 2.53 bits per heavy atom. The summed E-state index contributed by atoms with van der Waals surface area (Å²) in [4.78, 5) is 2.02. The fraction of sp³-hybridized carbons (Fsp3) is 0.125. The molecule has 0 spiro atoms. The Bertz CT molecular complexity index is 576. The Hall–Kier alpha value is -1.30. The van der Waals surface area contributed by atoms with E-state index >= 15 is 0 Å². The molecule has 0 bridgehead atoms. The van der Waals surface area contributed by atoms with Gasteiger partial charge in [0.25, 0.3) is 0 Å². The third kappa shape index (κ3) is 3.18. The van der Waals surface area contributed by atoms with Crippen molar-refractivity contribution in [2.24, 2.45) is 0 Å². The summed E-state index contributed by atoms with van der Waals surface area (Å²) in [5, 5.41) is 9.31. The van der Waals surface area contributed by atoms with Crippen molar-refractivity contribution in [3.05, 3.63) is 59.8 Å². The van der Waals surface area contributed by atoms with Crippen LogP contribution in [-0.2, 0) is 32.7 Å². The van der Waals surface area contributed by atoms with E-state index in [1.165, 1.54) is 0 Å². The van der Waals surface area contributed by atoms with Gasteiger partial charge in [0.2, 0.25) is 0 Å². The number of phenolic OH excluding ortho intramolecular Hbond substituents is 1. The molecule has 1 aromatic rings. The second-order valence-corrected chi connectivity index (χ2v) is 3.93. The molecular formula is C16H14NOY-. The van der Waals surface area contributed by atoms with Crippen molar-refractivity contribution in [1.82, 2.24) is 4.90 Å². The monoisotopic (exact) mass is 325 g/mol. The van der Waals surface area contributed by atoms with Gasteiger partial charge in [-0.25, -0.2) is 0 Å². The van der Waals surface area contributed by atoms with Crippen LogP contribution < -0.4 is 0 Å². The number of benzene rings is 1. The van der Waals surface area contributed by atoms with Crippen LogP contribution in [-0.4, -0.2) is 16.6 Å². The van der Waals surface area contributed by atoms with Gasteiger partial charge in [-0.2, -0.15) is 12.2 Å². The molecule has 1 aliphatic rings. The van der Waals surface area contributed by atoms with Gasteiger partial charge < -0.3 is 10.0 Å². The maximum atomic E-state index is 9.31. The topological polar surface area (TPSA) is 23.5 Å². The maximum absolute atomic E-state index is 9.31. The molecule has 0 atom stereocenters. The SMILES string of the molecule is C#CC1=C[C-]=C(c2ccc(O)cc2)N(CC)C1=C.[Y]. The molecule has 1 heterocycles. The quantitative estimate of drug-likeness (QED) is 0.668. The molecule has 2 nitrogen and oxygen atoms in total. The van der Waals surface area contributed by atoms with Crippen LogP contribution in [0.3, 0.4) is 0 Å². The maximum Gasteiger partial charge on any atom is 0.113 e. The van der Waals surface area contributed by atoms with Crippen molar-refractivity contribution >= 4 is 5.70 Å². The second kappa shape index (κ2) is 6.75. The number of hydrogen-bond acceptors (Lipinski definition) is 2. The van der Waals surface area contributed by atoms with E-state index in [0.717, 1.165) is 29.1 Å². The first-order valence-corrected chi connectivity index (χ1v) is 5.74. The largest absolute Gasteiger partial charge is 0.508 e. The molecule has 0 saturated carbocycles. The molecule has 1 aromatic carbocycles. The van der Waals surface area contributed by atoms with Gasteiger partial charge in [-0.05, 0) is 24.8 Å². The predicted molar refractivity (Wildman–Crippen MR) is 73.2 cm³/mol. The van der Waals surface area contributed by atoms with Gasteiger partial charge in [-0.1, -0.05) is 23.4 Å². The summed E-state index contributed by atoms with van der Waals surface area (Å²) in [5.41, 5.74) is 3.45. The molecule has 1 aliphatic heterocycles. The Morgan fingerprint density at radius 2 is 2.00 bits per heavy atom. The molecular weight excluding hydrogens is 311 g/mol. The summed E-state index contributed by atoms with van der Waals surface area (Å²) >= 11 is 0. The van der Waals surface area contributed by atoms with Crippen LogP contribution in [0.5, 0.6) is 5.75 Å². The molecule has 1 radical (unpaired) electrons. The van der Waals surface area contributed by atoms with Crippen LogP contribution in [0, 0.1) is 18.4 Å². The van der Waals surface area contributed by atoms with Gasteiger partial charge in [0.05, 0.1) is 0 Å². The first-order valence-electron chi connectivity index (χ1n) is 5.74. The molecule has 0 fully saturated rings. The van der Waals surface area contributed by atoms with Crippen molar-refractivity contribution in [2.45, 2.75) is 6.92 Å². The number of hydrogen-bond donors (Lipinski definition) is 1. The Balaban J connectivity index is 0.00000180. The van der Waals surface area contributed by atoms with Crippen molar-refractivity contribution < 1.29 is 37.8 Å². The molecule has 0 unspecified atom stereocenters. The number of terminal acetylenes is 1. The Morgan fingerprint density at radius 1 is 1.37 bits per heavy atom. The number of nitrogens with zero attached hydrogens (tertiary/aromatic N) is 1. The Labute approximate surface area is 139 Å². The molecule has 1 N–H and O–H groups in total. The number of phenols is 1. The molecule has 0 aliphatic carbocycles. The van der Waals surface area contributed by atoms with Crippen LogP contribution in [0.1, 0.15) is 12.5 Å². The van der Waals surface area contributed by atoms with Gasteiger partial charge in [0.1, 0.15) is 5.75 Å². The first-order chi connectivity index (χ1) is 8.67. The van der Waals surface area contributed by atoms with E-state index in [1.54, 1.807) is 18.2 Å². The smallest absolute Gasteiger partial charge is 0.113 e. The molecule has 3 heteroatoms. The summed E-state index contributed by atoms with van der Waals surface area (Å²) in [6.45, 7) is 6.82. The zero-order valence-electron chi connectivity index (χ0n) is 10.9. The Kier molecular flexibility index (Phi) is 5.60. The predicted octanol–water partition coefficient (Wildman–Crippen LogP) is 2.94. The van der Waals surface area contributed by atoms with Crippen molar-refractivity contribution in [3.8, 4) is 18.1 Å². The number of aromatic hydroxyl groups is 1. The zero-order valence-corrected chi connectivity index (χ0v) is 13.7. The van der Waals surface area contributed by atoms with Crippen molar-refractivity contribution in [3.63, 3.8) is 0 Å². The van der Waals surface area contributed by atoms with Gasteiger partial charge >= 0.3 is 0 Å². The average Bonchev–Trinajstić information content (AvgIpc) is 2.39. The molecule has 0 saturated heterocycles. The molecule has 19 heavy (non-hydrogen) atoms. The molecule has 93 valence electrons. The fourth-order valence-electron chi connectivity index (χ4n) is 1.91. The molecule has 0 amide bonds. The minimum atomic E-state index is 0. The van der Waals surface area contributed by atoms with E-state index in [-0.39, 0.29) is 38.5 Å². The van der Waals surface area contributed by atoms with E-state index < -0.39 is 0 Å². The van der Waals surface area contributed by atoms with Crippen LogP contribution >= 0.6 is 0 Å². The number of likely N-dealkylation sites (N-methyl/N-ethyl adjacent to an activating group) is 1. The van der Waals surface area contributed by atoms with E-state index in [0.29, 0.717) is 0 Å². The van der Waals surface area contributed by atoms with Crippen LogP contribution in [0.15, 0.2) is 48.2 Å². The van der Waals surface area contributed by atoms with E-state index in [2.05, 4.69) is 18.6 Å². The fourth-order valence-corrected chi connectivity index (χ4v) is 1.91. The number of allylic oxidation sites excluding steroid dienone is 3. The second-order valence-electron chi connectivity index (χ2n) is 3.93. The number of rotatable bonds is 2. The van der Waals surface area contributed by atoms with Crippen LogP contribution in [0.2, 0.25) is 0 Å². The zero-order chi connectivity index (χ0) is 13.1. The third-order valence-corrected chi connectivity index (χ3v) is 2.87. The van der Waals surface area contributed by atoms with Gasteiger partial charge in [-0.3, -0.25) is 0 Å². The van der Waals surface area contributed by atoms with E-state index in [4.69, 9.17) is 6.42 Å². The van der Waals surface area contributed by atoms with E-state index in [9.17, 15) is 5.11 Å². The van der Waals surface area contributed by atoms with Crippen molar-refractivity contribution in [1.29, 1.82) is 0 Å². The first kappa shape index (κ1) is 15.8. The molecule has 0 aromatic heterocycles. The minimum Gasteiger partial charge on any atom is -0.508 e. The van der Waals surface area contributed by atoms with Crippen LogP contribution in [0.25, 0.3) is 5.70 Å². The van der Waals surface area contributed by atoms with Crippen molar-refractivity contribution in [2.75, 3.05) is 6.54 Å². The summed E-state index contributed by atoms with van der Waals surface area (Å²) in [5.74, 6) is 2.85. The normalized spacial score (nSPS) is 14.1. The minimum absolute atomic E-state index is 0. The van der Waals surface area contributed by atoms with Crippen LogP contribution in [0.4, 0.5) is 0 Å². The van der Waals surface area contributed by atoms with Gasteiger partial charge in [0, 0.05) is 39.3 Å². The summed E-state index contributed by atoms with van der Waals surface area (Å²) in [6.07, 6.45) is 10.4. The summed E-state index contributed by atoms with van der Waals surface area (Å²) in [7, 11) is 0. The molecule has 2 rings (SSSR count). The van der Waals surface area contributed by atoms with E-state index in [1.807, 2.05) is 24.0 Å². The van der Waals surface area contributed by atoms with Gasteiger partial charge in [0.15, 0.2) is 0 Å². The third-order valence-electron chi connectivity index (χ3n) is 2.87.